The van der Waals surface area contributed by atoms with Crippen molar-refractivity contribution in [1.82, 2.24) is 14.8 Å². The third-order valence-corrected chi connectivity index (χ3v) is 2.92. The van der Waals surface area contributed by atoms with Gasteiger partial charge in [-0.1, -0.05) is 15.9 Å². The lowest BCUT2D eigenvalue weighted by Gasteiger charge is -2.01. The minimum atomic E-state index is -0.426. The van der Waals surface area contributed by atoms with E-state index in [4.69, 9.17) is 0 Å². The Bertz CT molecular complexity index is 550. The van der Waals surface area contributed by atoms with Crippen LogP contribution in [-0.4, -0.2) is 19.7 Å². The lowest BCUT2D eigenvalue weighted by Crippen LogP contribution is -1.97. The van der Waals surface area contributed by atoms with Gasteiger partial charge in [0.25, 0.3) is 5.69 Å². The fourth-order valence-corrected chi connectivity index (χ4v) is 1.95. The van der Waals surface area contributed by atoms with Crippen molar-refractivity contribution in [2.24, 2.45) is 7.05 Å². The Balaban J connectivity index is 2.39. The monoisotopic (exact) mass is 296 g/mol. The molecule has 0 saturated heterocycles. The van der Waals surface area contributed by atoms with Gasteiger partial charge in [-0.15, -0.1) is 10.2 Å². The molecule has 1 aromatic carbocycles. The predicted molar refractivity (Wildman–Crippen MR) is 65.7 cm³/mol. The molecule has 0 amide bonds. The second-order valence-electron chi connectivity index (χ2n) is 3.44. The Hall–Kier alpha value is -1.76. The summed E-state index contributed by atoms with van der Waals surface area (Å²) in [5.41, 5.74) is 0.870. The quantitative estimate of drug-likeness (QED) is 0.495. The van der Waals surface area contributed by atoms with E-state index in [1.54, 1.807) is 12.1 Å². The molecule has 2 rings (SSSR count). The zero-order valence-corrected chi connectivity index (χ0v) is 10.6. The predicted octanol–water partition coefficient (Wildman–Crippen LogP) is 2.29. The number of nitro benzene ring substituents is 1. The molecule has 6 nitrogen and oxygen atoms in total. The Labute approximate surface area is 106 Å². The fourth-order valence-electron chi connectivity index (χ4n) is 1.46. The zero-order valence-electron chi connectivity index (χ0n) is 9.00. The minimum absolute atomic E-state index is 0.0663. The summed E-state index contributed by atoms with van der Waals surface area (Å²) in [6.07, 6.45) is 0. The number of aromatic nitrogens is 3. The Morgan fingerprint density at radius 1 is 1.35 bits per heavy atom. The van der Waals surface area contributed by atoms with Crippen LogP contribution in [0.2, 0.25) is 0 Å². The SMILES string of the molecule is Cn1c(CBr)nnc1-c1ccc([N+](=O)[O-])cc1. The molecular weight excluding hydrogens is 288 g/mol. The summed E-state index contributed by atoms with van der Waals surface area (Å²) in [7, 11) is 1.85. The number of halogens is 1. The first-order valence-electron chi connectivity index (χ1n) is 4.82. The van der Waals surface area contributed by atoms with Gasteiger partial charge in [0.05, 0.1) is 10.3 Å². The number of rotatable bonds is 3. The molecule has 0 aliphatic heterocycles. The number of alkyl halides is 1. The first-order valence-corrected chi connectivity index (χ1v) is 5.94. The first-order chi connectivity index (χ1) is 8.13. The van der Waals surface area contributed by atoms with E-state index in [1.165, 1.54) is 12.1 Å². The average molecular weight is 297 g/mol. The first kappa shape index (κ1) is 11.7. The molecule has 0 atom stereocenters. The van der Waals surface area contributed by atoms with Gasteiger partial charge in [0.1, 0.15) is 5.82 Å². The summed E-state index contributed by atoms with van der Waals surface area (Å²) in [6, 6.07) is 6.25. The van der Waals surface area contributed by atoms with Gasteiger partial charge in [-0.05, 0) is 12.1 Å². The van der Waals surface area contributed by atoms with Crippen LogP contribution in [0.15, 0.2) is 24.3 Å². The van der Waals surface area contributed by atoms with Gasteiger partial charge in [0.15, 0.2) is 5.82 Å². The van der Waals surface area contributed by atoms with Gasteiger partial charge in [0.2, 0.25) is 0 Å². The normalized spacial score (nSPS) is 10.5. The molecule has 17 heavy (non-hydrogen) atoms. The van der Waals surface area contributed by atoms with Crippen molar-refractivity contribution >= 4 is 21.6 Å². The molecule has 1 aromatic heterocycles. The fraction of sp³-hybridized carbons (Fsp3) is 0.200. The van der Waals surface area contributed by atoms with E-state index in [0.29, 0.717) is 11.2 Å². The molecule has 0 bridgehead atoms. The molecule has 7 heteroatoms. The highest BCUT2D eigenvalue weighted by molar-refractivity contribution is 9.08. The number of benzene rings is 1. The maximum atomic E-state index is 10.5. The number of non-ortho nitro benzene ring substituents is 1. The third kappa shape index (κ3) is 2.19. The summed E-state index contributed by atoms with van der Waals surface area (Å²) in [5.74, 6) is 1.49. The summed E-state index contributed by atoms with van der Waals surface area (Å²) in [6.45, 7) is 0. The van der Waals surface area contributed by atoms with E-state index in [2.05, 4.69) is 26.1 Å². The summed E-state index contributed by atoms with van der Waals surface area (Å²) in [4.78, 5) is 10.1. The maximum Gasteiger partial charge on any atom is 0.269 e. The van der Waals surface area contributed by atoms with Gasteiger partial charge < -0.3 is 4.57 Å². The third-order valence-electron chi connectivity index (χ3n) is 2.42. The highest BCUT2D eigenvalue weighted by atomic mass is 79.9. The molecule has 88 valence electrons. The van der Waals surface area contributed by atoms with Crippen LogP contribution in [-0.2, 0) is 12.4 Å². The minimum Gasteiger partial charge on any atom is -0.313 e. The molecule has 0 N–H and O–H groups in total. The lowest BCUT2D eigenvalue weighted by molar-refractivity contribution is -0.384. The molecule has 0 spiro atoms. The Morgan fingerprint density at radius 2 is 2.00 bits per heavy atom. The van der Waals surface area contributed by atoms with E-state index < -0.39 is 4.92 Å². The van der Waals surface area contributed by atoms with Crippen molar-refractivity contribution < 1.29 is 4.92 Å². The van der Waals surface area contributed by atoms with Gasteiger partial charge in [-0.25, -0.2) is 0 Å². The molecule has 0 aliphatic rings. The molecule has 0 radical (unpaired) electrons. The Morgan fingerprint density at radius 3 is 2.47 bits per heavy atom. The second kappa shape index (κ2) is 4.62. The van der Waals surface area contributed by atoms with E-state index in [9.17, 15) is 10.1 Å². The molecule has 0 unspecified atom stereocenters. The van der Waals surface area contributed by atoms with Crippen molar-refractivity contribution in [2.45, 2.75) is 5.33 Å². The van der Waals surface area contributed by atoms with Crippen molar-refractivity contribution in [3.8, 4) is 11.4 Å². The van der Waals surface area contributed by atoms with E-state index in [1.807, 2.05) is 11.6 Å². The number of nitrogens with zero attached hydrogens (tertiary/aromatic N) is 4. The van der Waals surface area contributed by atoms with Crippen molar-refractivity contribution in [2.75, 3.05) is 0 Å². The van der Waals surface area contributed by atoms with Crippen LogP contribution >= 0.6 is 15.9 Å². The van der Waals surface area contributed by atoms with E-state index in [-0.39, 0.29) is 5.69 Å². The summed E-state index contributed by atoms with van der Waals surface area (Å²) >= 11 is 3.31. The topological polar surface area (TPSA) is 73.8 Å². The highest BCUT2D eigenvalue weighted by Gasteiger charge is 2.11. The van der Waals surface area contributed by atoms with Crippen LogP contribution in [0.25, 0.3) is 11.4 Å². The molecule has 0 aliphatic carbocycles. The van der Waals surface area contributed by atoms with Crippen LogP contribution < -0.4 is 0 Å². The smallest absolute Gasteiger partial charge is 0.269 e. The van der Waals surface area contributed by atoms with Gasteiger partial charge in [0, 0.05) is 24.7 Å². The molecule has 0 saturated carbocycles. The molecule has 0 fully saturated rings. The van der Waals surface area contributed by atoms with Crippen molar-refractivity contribution in [1.29, 1.82) is 0 Å². The van der Waals surface area contributed by atoms with Crippen LogP contribution in [0.4, 0.5) is 5.69 Å². The van der Waals surface area contributed by atoms with Crippen LogP contribution in [0.5, 0.6) is 0 Å². The number of hydrogen-bond donors (Lipinski definition) is 0. The van der Waals surface area contributed by atoms with Crippen LogP contribution in [0.3, 0.4) is 0 Å². The summed E-state index contributed by atoms with van der Waals surface area (Å²) < 4.78 is 1.84. The standard InChI is InChI=1S/C10H9BrN4O2/c1-14-9(6-11)12-13-10(14)7-2-4-8(5-3-7)15(16)17/h2-5H,6H2,1H3. The second-order valence-corrected chi connectivity index (χ2v) is 4.00. The van der Waals surface area contributed by atoms with E-state index >= 15 is 0 Å². The van der Waals surface area contributed by atoms with Gasteiger partial charge >= 0.3 is 0 Å². The molecule has 1 heterocycles. The van der Waals surface area contributed by atoms with Gasteiger partial charge in [-0.3, -0.25) is 10.1 Å². The Kier molecular flexibility index (Phi) is 3.19. The van der Waals surface area contributed by atoms with Crippen molar-refractivity contribution in [3.05, 3.63) is 40.2 Å². The zero-order chi connectivity index (χ0) is 12.4. The number of nitro groups is 1. The maximum absolute atomic E-state index is 10.5. The highest BCUT2D eigenvalue weighted by Crippen LogP contribution is 2.21. The number of hydrogen-bond acceptors (Lipinski definition) is 4. The largest absolute Gasteiger partial charge is 0.313 e. The molecule has 2 aromatic rings. The summed E-state index contributed by atoms with van der Waals surface area (Å²) in [5, 5.41) is 19.2. The van der Waals surface area contributed by atoms with Crippen molar-refractivity contribution in [3.63, 3.8) is 0 Å². The van der Waals surface area contributed by atoms with E-state index in [0.717, 1.165) is 11.4 Å². The molecular formula is C10H9BrN4O2. The van der Waals surface area contributed by atoms with Gasteiger partial charge in [-0.2, -0.15) is 0 Å². The van der Waals surface area contributed by atoms with Crippen LogP contribution in [0, 0.1) is 10.1 Å². The average Bonchev–Trinajstić information content (AvgIpc) is 2.70. The van der Waals surface area contributed by atoms with Crippen LogP contribution in [0.1, 0.15) is 5.82 Å². The lowest BCUT2D eigenvalue weighted by atomic mass is 10.2.